The molecule has 0 fully saturated rings. The van der Waals surface area contributed by atoms with Crippen LogP contribution in [-0.4, -0.2) is 29.6 Å². The van der Waals surface area contributed by atoms with Gasteiger partial charge in [0.25, 0.3) is 5.91 Å². The summed E-state index contributed by atoms with van der Waals surface area (Å²) in [6, 6.07) is 5.99. The van der Waals surface area contributed by atoms with Gasteiger partial charge in [0.15, 0.2) is 0 Å². The summed E-state index contributed by atoms with van der Waals surface area (Å²) in [6.45, 7) is 0.478. The van der Waals surface area contributed by atoms with Crippen LogP contribution in [0.25, 0.3) is 0 Å². The van der Waals surface area contributed by atoms with Crippen molar-refractivity contribution in [3.8, 4) is 0 Å². The average Bonchev–Trinajstić information content (AvgIpc) is 2.46. The number of nitrogens with one attached hydrogen (secondary N) is 2. The quantitative estimate of drug-likeness (QED) is 0.264. The van der Waals surface area contributed by atoms with Gasteiger partial charge in [-0.1, -0.05) is 6.07 Å². The van der Waals surface area contributed by atoms with Gasteiger partial charge in [-0.25, -0.2) is 0 Å². The molecule has 1 aromatic carbocycles. The van der Waals surface area contributed by atoms with Crippen LogP contribution in [0, 0.1) is 0 Å². The first-order valence-corrected chi connectivity index (χ1v) is 6.38. The van der Waals surface area contributed by atoms with Crippen LogP contribution in [0.15, 0.2) is 24.3 Å². The maximum atomic E-state index is 11.8. The monoisotopic (exact) mass is 280 g/mol. The van der Waals surface area contributed by atoms with Crippen molar-refractivity contribution >= 4 is 17.6 Å². The lowest BCUT2D eigenvalue weighted by molar-refractivity contribution is -0.138. The van der Waals surface area contributed by atoms with Gasteiger partial charge in [0, 0.05) is 17.8 Å². The Bertz CT molecular complexity index is 465. The molecule has 1 unspecified atom stereocenters. The number of rotatable bonds is 8. The maximum absolute atomic E-state index is 11.8. The molecule has 7 N–H and O–H groups in total. The molecule has 1 atom stereocenters. The first kappa shape index (κ1) is 15.9. The molecule has 0 spiro atoms. The molecule has 0 bridgehead atoms. The topological polar surface area (TPSA) is 130 Å². The number of amides is 1. The standard InChI is InChI=1S/C13H20N4O3/c14-11(13(19)20)6-1-2-7-16-12(18)9-4-3-5-10(8-9)17-15/h3-5,8,11,17H,1-2,6-7,14-15H2,(H,16,18)(H,19,20). The van der Waals surface area contributed by atoms with Crippen LogP contribution in [0.1, 0.15) is 29.6 Å². The largest absolute Gasteiger partial charge is 0.480 e. The highest BCUT2D eigenvalue weighted by Crippen LogP contribution is 2.09. The molecule has 0 saturated heterocycles. The van der Waals surface area contributed by atoms with Gasteiger partial charge >= 0.3 is 5.97 Å². The van der Waals surface area contributed by atoms with Crippen molar-refractivity contribution in [2.75, 3.05) is 12.0 Å². The first-order chi connectivity index (χ1) is 9.54. The van der Waals surface area contributed by atoms with E-state index in [9.17, 15) is 9.59 Å². The van der Waals surface area contributed by atoms with Gasteiger partial charge in [-0.15, -0.1) is 0 Å². The number of benzene rings is 1. The van der Waals surface area contributed by atoms with E-state index in [1.165, 1.54) is 0 Å². The number of anilines is 1. The first-order valence-electron chi connectivity index (χ1n) is 6.38. The third kappa shape index (κ3) is 5.25. The van der Waals surface area contributed by atoms with Gasteiger partial charge in [-0.05, 0) is 37.5 Å². The van der Waals surface area contributed by atoms with Crippen LogP contribution >= 0.6 is 0 Å². The van der Waals surface area contributed by atoms with Crippen LogP contribution in [-0.2, 0) is 4.79 Å². The fraction of sp³-hybridized carbons (Fsp3) is 0.385. The average molecular weight is 280 g/mol. The zero-order chi connectivity index (χ0) is 15.0. The van der Waals surface area contributed by atoms with E-state index in [1.54, 1.807) is 24.3 Å². The number of hydrazine groups is 1. The Morgan fingerprint density at radius 2 is 2.05 bits per heavy atom. The minimum Gasteiger partial charge on any atom is -0.480 e. The summed E-state index contributed by atoms with van der Waals surface area (Å²) >= 11 is 0. The lowest BCUT2D eigenvalue weighted by atomic mass is 10.1. The molecule has 0 radical (unpaired) electrons. The minimum absolute atomic E-state index is 0.190. The molecule has 0 aliphatic rings. The number of aliphatic carboxylic acids is 1. The number of unbranched alkanes of at least 4 members (excludes halogenated alkanes) is 1. The number of hydrogen-bond donors (Lipinski definition) is 5. The zero-order valence-electron chi connectivity index (χ0n) is 11.1. The van der Waals surface area contributed by atoms with Crippen molar-refractivity contribution in [2.24, 2.45) is 11.6 Å². The Balaban J connectivity index is 2.28. The molecule has 0 aromatic heterocycles. The normalized spacial score (nSPS) is 11.7. The van der Waals surface area contributed by atoms with Crippen molar-refractivity contribution in [3.05, 3.63) is 29.8 Å². The Hall–Kier alpha value is -2.12. The number of nitrogen functional groups attached to an aromatic ring is 1. The molecule has 7 heteroatoms. The Kier molecular flexibility index (Phi) is 6.48. The second kappa shape index (κ2) is 8.13. The predicted molar refractivity (Wildman–Crippen MR) is 76.0 cm³/mol. The summed E-state index contributed by atoms with van der Waals surface area (Å²) < 4.78 is 0. The third-order valence-electron chi connectivity index (χ3n) is 2.84. The zero-order valence-corrected chi connectivity index (χ0v) is 11.1. The van der Waals surface area contributed by atoms with Gasteiger partial charge < -0.3 is 21.6 Å². The van der Waals surface area contributed by atoms with Crippen LogP contribution < -0.4 is 22.3 Å². The van der Waals surface area contributed by atoms with E-state index in [4.69, 9.17) is 16.7 Å². The van der Waals surface area contributed by atoms with E-state index in [-0.39, 0.29) is 5.91 Å². The van der Waals surface area contributed by atoms with Crippen molar-refractivity contribution < 1.29 is 14.7 Å². The molecular weight excluding hydrogens is 260 g/mol. The fourth-order valence-corrected chi connectivity index (χ4v) is 1.67. The van der Waals surface area contributed by atoms with E-state index < -0.39 is 12.0 Å². The second-order valence-electron chi connectivity index (χ2n) is 4.42. The maximum Gasteiger partial charge on any atom is 0.320 e. The highest BCUT2D eigenvalue weighted by molar-refractivity contribution is 5.95. The number of nitrogens with two attached hydrogens (primary N) is 2. The Labute approximate surface area is 117 Å². The molecule has 0 saturated carbocycles. The minimum atomic E-state index is -1.000. The molecule has 0 aliphatic carbocycles. The van der Waals surface area contributed by atoms with Crippen molar-refractivity contribution in [3.63, 3.8) is 0 Å². The number of carbonyl (C=O) groups excluding carboxylic acids is 1. The summed E-state index contributed by atoms with van der Waals surface area (Å²) in [5.41, 5.74) is 9.02. The van der Waals surface area contributed by atoms with Crippen molar-refractivity contribution in [1.82, 2.24) is 5.32 Å². The van der Waals surface area contributed by atoms with E-state index in [1.807, 2.05) is 0 Å². The van der Waals surface area contributed by atoms with Crippen molar-refractivity contribution in [2.45, 2.75) is 25.3 Å². The number of carboxylic acids is 1. The number of carbonyl (C=O) groups is 2. The predicted octanol–water partition coefficient (Wildman–Crippen LogP) is 0.284. The lowest BCUT2D eigenvalue weighted by Crippen LogP contribution is -2.30. The van der Waals surface area contributed by atoms with Gasteiger partial charge in [0.2, 0.25) is 0 Å². The molecule has 110 valence electrons. The highest BCUT2D eigenvalue weighted by Gasteiger charge is 2.10. The van der Waals surface area contributed by atoms with Gasteiger partial charge in [-0.3, -0.25) is 15.4 Å². The third-order valence-corrected chi connectivity index (χ3v) is 2.84. The van der Waals surface area contributed by atoms with Crippen LogP contribution in [0.3, 0.4) is 0 Å². The lowest BCUT2D eigenvalue weighted by Gasteiger charge is -2.08. The molecule has 1 rings (SSSR count). The van der Waals surface area contributed by atoms with Gasteiger partial charge in [-0.2, -0.15) is 0 Å². The number of carboxylic acid groups (broad SMARTS) is 1. The van der Waals surface area contributed by atoms with Gasteiger partial charge in [0.1, 0.15) is 6.04 Å². The Morgan fingerprint density at radius 1 is 1.30 bits per heavy atom. The molecule has 0 aliphatic heterocycles. The number of hydrogen-bond acceptors (Lipinski definition) is 5. The summed E-state index contributed by atoms with van der Waals surface area (Å²) in [5, 5.41) is 11.4. The van der Waals surface area contributed by atoms with Gasteiger partial charge in [0.05, 0.1) is 0 Å². The molecule has 1 amide bonds. The smallest absolute Gasteiger partial charge is 0.320 e. The van der Waals surface area contributed by atoms with Crippen LogP contribution in [0.4, 0.5) is 5.69 Å². The summed E-state index contributed by atoms with van der Waals surface area (Å²) in [6.07, 6.45) is 1.73. The SMILES string of the molecule is NNc1cccc(C(=O)NCCCCC(N)C(=O)O)c1. The molecular formula is C13H20N4O3. The van der Waals surface area contributed by atoms with Crippen molar-refractivity contribution in [1.29, 1.82) is 0 Å². The highest BCUT2D eigenvalue weighted by atomic mass is 16.4. The fourth-order valence-electron chi connectivity index (χ4n) is 1.67. The molecule has 7 nitrogen and oxygen atoms in total. The van der Waals surface area contributed by atoms with Crippen LogP contribution in [0.2, 0.25) is 0 Å². The van der Waals surface area contributed by atoms with E-state index in [0.717, 1.165) is 0 Å². The summed E-state index contributed by atoms with van der Waals surface area (Å²) in [7, 11) is 0. The van der Waals surface area contributed by atoms with E-state index in [0.29, 0.717) is 37.1 Å². The van der Waals surface area contributed by atoms with E-state index in [2.05, 4.69) is 10.7 Å². The van der Waals surface area contributed by atoms with Crippen LogP contribution in [0.5, 0.6) is 0 Å². The molecule has 0 heterocycles. The molecule has 20 heavy (non-hydrogen) atoms. The molecule has 1 aromatic rings. The Morgan fingerprint density at radius 3 is 2.70 bits per heavy atom. The second-order valence-corrected chi connectivity index (χ2v) is 4.42. The van der Waals surface area contributed by atoms with E-state index >= 15 is 0 Å². The summed E-state index contributed by atoms with van der Waals surface area (Å²) in [5.74, 6) is 4.08. The summed E-state index contributed by atoms with van der Waals surface area (Å²) in [4.78, 5) is 22.3.